The van der Waals surface area contributed by atoms with Crippen molar-refractivity contribution in [2.75, 3.05) is 11.9 Å². The van der Waals surface area contributed by atoms with Crippen molar-refractivity contribution in [2.24, 2.45) is 0 Å². The number of esters is 1. The molecular formula is C22H25NO4. The molecule has 27 heavy (non-hydrogen) atoms. The van der Waals surface area contributed by atoms with Gasteiger partial charge in [-0.25, -0.2) is 4.79 Å². The van der Waals surface area contributed by atoms with E-state index in [9.17, 15) is 9.59 Å². The van der Waals surface area contributed by atoms with Crippen molar-refractivity contribution in [1.29, 1.82) is 0 Å². The molecule has 0 spiro atoms. The lowest BCUT2D eigenvalue weighted by atomic mass is 9.91. The van der Waals surface area contributed by atoms with E-state index in [0.717, 1.165) is 25.0 Å². The van der Waals surface area contributed by atoms with Crippen molar-refractivity contribution < 1.29 is 19.1 Å². The SMILES string of the molecule is CCOC(=O)c1cccc(NC(=O)C(C)Oc2cccc3c2CCCC3)c1. The molecule has 0 heterocycles. The molecule has 1 N–H and O–H groups in total. The number of ether oxygens (including phenoxy) is 2. The summed E-state index contributed by atoms with van der Waals surface area (Å²) in [6.07, 6.45) is 3.75. The summed E-state index contributed by atoms with van der Waals surface area (Å²) in [5.41, 5.74) is 3.47. The summed E-state index contributed by atoms with van der Waals surface area (Å²) in [5, 5.41) is 2.81. The number of carbonyl (C=O) groups is 2. The van der Waals surface area contributed by atoms with Crippen LogP contribution in [0.2, 0.25) is 0 Å². The fourth-order valence-corrected chi connectivity index (χ4v) is 3.28. The lowest BCUT2D eigenvalue weighted by Gasteiger charge is -2.22. The Hall–Kier alpha value is -2.82. The maximum Gasteiger partial charge on any atom is 0.338 e. The summed E-state index contributed by atoms with van der Waals surface area (Å²) in [6.45, 7) is 3.79. The lowest BCUT2D eigenvalue weighted by molar-refractivity contribution is -0.122. The van der Waals surface area contributed by atoms with E-state index in [2.05, 4.69) is 11.4 Å². The second-order valence-corrected chi connectivity index (χ2v) is 6.65. The molecular weight excluding hydrogens is 342 g/mol. The van der Waals surface area contributed by atoms with Crippen LogP contribution >= 0.6 is 0 Å². The summed E-state index contributed by atoms with van der Waals surface area (Å²) in [6, 6.07) is 12.7. The first kappa shape index (κ1) is 19.0. The molecule has 1 amide bonds. The summed E-state index contributed by atoms with van der Waals surface area (Å²) in [5.74, 6) is 0.119. The van der Waals surface area contributed by atoms with E-state index in [1.807, 2.05) is 12.1 Å². The zero-order valence-corrected chi connectivity index (χ0v) is 15.8. The van der Waals surface area contributed by atoms with Crippen molar-refractivity contribution >= 4 is 17.6 Å². The maximum atomic E-state index is 12.5. The van der Waals surface area contributed by atoms with Crippen LogP contribution in [0.1, 0.15) is 48.2 Å². The number of anilines is 1. The lowest BCUT2D eigenvalue weighted by Crippen LogP contribution is -2.30. The van der Waals surface area contributed by atoms with Crippen molar-refractivity contribution in [3.63, 3.8) is 0 Å². The molecule has 1 atom stereocenters. The molecule has 0 bridgehead atoms. The fourth-order valence-electron chi connectivity index (χ4n) is 3.28. The number of fused-ring (bicyclic) bond motifs is 1. The number of nitrogens with one attached hydrogen (secondary N) is 1. The van der Waals surface area contributed by atoms with Crippen LogP contribution in [0, 0.1) is 0 Å². The first-order valence-electron chi connectivity index (χ1n) is 9.44. The summed E-state index contributed by atoms with van der Waals surface area (Å²) < 4.78 is 11.0. The number of hydrogen-bond donors (Lipinski definition) is 1. The highest BCUT2D eigenvalue weighted by atomic mass is 16.5. The standard InChI is InChI=1S/C22H25NO4/c1-3-26-22(25)17-10-6-11-18(14-17)23-21(24)15(2)27-20-13-7-9-16-8-4-5-12-19(16)20/h6-7,9-11,13-15H,3-5,8,12H2,1-2H3,(H,23,24). The van der Waals surface area contributed by atoms with E-state index in [0.29, 0.717) is 17.9 Å². The molecule has 0 saturated heterocycles. The van der Waals surface area contributed by atoms with Crippen LogP contribution in [0.15, 0.2) is 42.5 Å². The molecule has 1 aliphatic rings. The van der Waals surface area contributed by atoms with E-state index in [-0.39, 0.29) is 5.91 Å². The van der Waals surface area contributed by atoms with E-state index < -0.39 is 12.1 Å². The Labute approximate surface area is 159 Å². The molecule has 5 heteroatoms. The maximum absolute atomic E-state index is 12.5. The molecule has 0 aliphatic heterocycles. The highest BCUT2D eigenvalue weighted by Gasteiger charge is 2.20. The average molecular weight is 367 g/mol. The Morgan fingerprint density at radius 1 is 1.11 bits per heavy atom. The smallest absolute Gasteiger partial charge is 0.338 e. The van der Waals surface area contributed by atoms with Crippen LogP contribution in [-0.4, -0.2) is 24.6 Å². The molecule has 1 aliphatic carbocycles. The first-order chi connectivity index (χ1) is 13.1. The summed E-state index contributed by atoms with van der Waals surface area (Å²) in [4.78, 5) is 24.4. The van der Waals surface area contributed by atoms with Gasteiger partial charge in [-0.15, -0.1) is 0 Å². The van der Waals surface area contributed by atoms with Crippen molar-refractivity contribution in [1.82, 2.24) is 0 Å². The highest BCUT2D eigenvalue weighted by molar-refractivity contribution is 5.96. The normalized spacial score (nSPS) is 14.0. The second kappa shape index (κ2) is 8.71. The van der Waals surface area contributed by atoms with Gasteiger partial charge in [0.2, 0.25) is 0 Å². The number of hydrogen-bond acceptors (Lipinski definition) is 4. The predicted molar refractivity (Wildman–Crippen MR) is 104 cm³/mol. The number of aryl methyl sites for hydroxylation is 1. The topological polar surface area (TPSA) is 64.6 Å². The van der Waals surface area contributed by atoms with Gasteiger partial charge in [0.15, 0.2) is 6.10 Å². The molecule has 1 unspecified atom stereocenters. The second-order valence-electron chi connectivity index (χ2n) is 6.65. The molecule has 0 radical (unpaired) electrons. The monoisotopic (exact) mass is 367 g/mol. The minimum Gasteiger partial charge on any atom is -0.481 e. The third-order valence-electron chi connectivity index (χ3n) is 4.67. The van der Waals surface area contributed by atoms with Gasteiger partial charge in [-0.2, -0.15) is 0 Å². The van der Waals surface area contributed by atoms with Crippen LogP contribution in [0.5, 0.6) is 5.75 Å². The minimum absolute atomic E-state index is 0.260. The van der Waals surface area contributed by atoms with Crippen LogP contribution in [0.3, 0.4) is 0 Å². The van der Waals surface area contributed by atoms with Gasteiger partial charge in [0.25, 0.3) is 5.91 Å². The Bertz CT molecular complexity index is 831. The van der Waals surface area contributed by atoms with Gasteiger partial charge >= 0.3 is 5.97 Å². The number of amides is 1. The van der Waals surface area contributed by atoms with Crippen LogP contribution < -0.4 is 10.1 Å². The number of rotatable bonds is 6. The van der Waals surface area contributed by atoms with E-state index in [1.165, 1.54) is 17.5 Å². The van der Waals surface area contributed by atoms with Crippen molar-refractivity contribution in [3.8, 4) is 5.75 Å². The summed E-state index contributed by atoms with van der Waals surface area (Å²) in [7, 11) is 0. The first-order valence-corrected chi connectivity index (χ1v) is 9.44. The van der Waals surface area contributed by atoms with Crippen molar-refractivity contribution in [2.45, 2.75) is 45.6 Å². The zero-order valence-electron chi connectivity index (χ0n) is 15.8. The Kier molecular flexibility index (Phi) is 6.12. The molecule has 2 aromatic rings. The molecule has 0 fully saturated rings. The molecule has 2 aromatic carbocycles. The molecule has 0 saturated carbocycles. The third-order valence-corrected chi connectivity index (χ3v) is 4.67. The predicted octanol–water partition coefficient (Wildman–Crippen LogP) is 4.15. The van der Waals surface area contributed by atoms with Gasteiger partial charge in [-0.05, 0) is 74.9 Å². The Balaban J connectivity index is 1.67. The Morgan fingerprint density at radius 3 is 2.70 bits per heavy atom. The fraction of sp³-hybridized carbons (Fsp3) is 0.364. The van der Waals surface area contributed by atoms with Gasteiger partial charge < -0.3 is 14.8 Å². The zero-order chi connectivity index (χ0) is 19.2. The van der Waals surface area contributed by atoms with Gasteiger partial charge in [-0.1, -0.05) is 18.2 Å². The average Bonchev–Trinajstić information content (AvgIpc) is 2.68. The minimum atomic E-state index is -0.648. The van der Waals surface area contributed by atoms with Crippen LogP contribution in [-0.2, 0) is 22.4 Å². The van der Waals surface area contributed by atoms with Crippen LogP contribution in [0.25, 0.3) is 0 Å². The molecule has 3 rings (SSSR count). The largest absolute Gasteiger partial charge is 0.481 e. The van der Waals surface area contributed by atoms with E-state index in [1.54, 1.807) is 38.1 Å². The number of benzene rings is 2. The molecule has 5 nitrogen and oxygen atoms in total. The van der Waals surface area contributed by atoms with Crippen LogP contribution in [0.4, 0.5) is 5.69 Å². The molecule has 0 aromatic heterocycles. The third kappa shape index (κ3) is 4.67. The van der Waals surface area contributed by atoms with Crippen molar-refractivity contribution in [3.05, 3.63) is 59.2 Å². The summed E-state index contributed by atoms with van der Waals surface area (Å²) >= 11 is 0. The van der Waals surface area contributed by atoms with E-state index in [4.69, 9.17) is 9.47 Å². The Morgan fingerprint density at radius 2 is 1.89 bits per heavy atom. The molecule has 142 valence electrons. The quantitative estimate of drug-likeness (QED) is 0.779. The van der Waals surface area contributed by atoms with Gasteiger partial charge in [0.05, 0.1) is 12.2 Å². The van der Waals surface area contributed by atoms with Gasteiger partial charge in [0, 0.05) is 5.69 Å². The van der Waals surface area contributed by atoms with Gasteiger partial charge in [0.1, 0.15) is 5.75 Å². The highest BCUT2D eigenvalue weighted by Crippen LogP contribution is 2.30. The number of carbonyl (C=O) groups excluding carboxylic acids is 2. The van der Waals surface area contributed by atoms with Gasteiger partial charge in [-0.3, -0.25) is 4.79 Å². The van der Waals surface area contributed by atoms with E-state index >= 15 is 0 Å².